The second-order valence-electron chi connectivity index (χ2n) is 8.84. The van der Waals surface area contributed by atoms with E-state index in [9.17, 15) is 9.18 Å². The maximum Gasteiger partial charge on any atom is 0.259 e. The molecular formula is C26H28FN5O2. The largest absolute Gasteiger partial charge is 0.495 e. The molecule has 176 valence electrons. The Morgan fingerprint density at radius 2 is 1.88 bits per heavy atom. The summed E-state index contributed by atoms with van der Waals surface area (Å²) >= 11 is 0. The Morgan fingerprint density at radius 1 is 1.18 bits per heavy atom. The van der Waals surface area contributed by atoms with E-state index in [4.69, 9.17) is 10.5 Å². The number of methoxy groups -OCH3 is 1. The van der Waals surface area contributed by atoms with Crippen molar-refractivity contribution in [1.82, 2.24) is 14.5 Å². The number of imidazole rings is 1. The van der Waals surface area contributed by atoms with Crippen LogP contribution < -0.4 is 10.5 Å². The number of benzene rings is 2. The molecule has 2 heterocycles. The number of hydrogen-bond acceptors (Lipinski definition) is 5. The van der Waals surface area contributed by atoms with Gasteiger partial charge in [0.1, 0.15) is 11.6 Å². The SMILES string of the molecule is COc1cc(/C=C2/C(=O)N(C(C)c3ccc(F)cc3)C(N)=NC2(C)C)ccc1-n1cnc(C)c1. The molecule has 3 aromatic rings. The number of carbonyl (C=O) groups excluding carboxylic acids is 1. The number of amides is 1. The molecule has 4 rings (SSSR count). The molecule has 0 radical (unpaired) electrons. The fourth-order valence-corrected chi connectivity index (χ4v) is 4.12. The normalized spacial score (nSPS) is 17.6. The molecule has 34 heavy (non-hydrogen) atoms. The van der Waals surface area contributed by atoms with Crippen LogP contribution in [-0.4, -0.2) is 39.0 Å². The van der Waals surface area contributed by atoms with E-state index in [-0.39, 0.29) is 17.7 Å². The molecule has 0 bridgehead atoms. The van der Waals surface area contributed by atoms with E-state index in [1.807, 2.05) is 62.7 Å². The molecule has 8 heteroatoms. The second-order valence-corrected chi connectivity index (χ2v) is 8.84. The van der Waals surface area contributed by atoms with Crippen molar-refractivity contribution in [3.8, 4) is 11.4 Å². The zero-order valence-corrected chi connectivity index (χ0v) is 19.9. The molecule has 2 aromatic carbocycles. The van der Waals surface area contributed by atoms with Gasteiger partial charge in [0.05, 0.1) is 36.4 Å². The molecule has 0 saturated heterocycles. The van der Waals surface area contributed by atoms with Gasteiger partial charge >= 0.3 is 0 Å². The monoisotopic (exact) mass is 461 g/mol. The lowest BCUT2D eigenvalue weighted by atomic mass is 9.89. The predicted octanol–water partition coefficient (Wildman–Crippen LogP) is 4.41. The number of ether oxygens (including phenoxy) is 1. The minimum atomic E-state index is -0.826. The third kappa shape index (κ3) is 4.31. The Labute approximate surface area is 198 Å². The lowest BCUT2D eigenvalue weighted by Gasteiger charge is -2.38. The van der Waals surface area contributed by atoms with Crippen LogP contribution in [0.25, 0.3) is 11.8 Å². The first-order valence-electron chi connectivity index (χ1n) is 11.0. The summed E-state index contributed by atoms with van der Waals surface area (Å²) < 4.78 is 20.9. The van der Waals surface area contributed by atoms with Crippen LogP contribution in [0.5, 0.6) is 5.75 Å². The summed E-state index contributed by atoms with van der Waals surface area (Å²) in [4.78, 5) is 24.0. The molecule has 0 aliphatic carbocycles. The van der Waals surface area contributed by atoms with Gasteiger partial charge in [-0.3, -0.25) is 9.69 Å². The Hall–Kier alpha value is -3.94. The van der Waals surface area contributed by atoms with Crippen molar-refractivity contribution in [2.45, 2.75) is 39.3 Å². The molecule has 1 aliphatic heterocycles. The number of guanidine groups is 1. The number of nitrogens with zero attached hydrogens (tertiary/aromatic N) is 4. The standard InChI is InChI=1S/C26H28FN5O2/c1-16-14-31(15-29-16)22-11-6-18(13-23(22)34-5)12-21-24(33)32(25(28)30-26(21,3)4)17(2)19-7-9-20(27)10-8-19/h6-15,17H,1-5H3,(H2,28,30)/b21-12-. The van der Waals surface area contributed by atoms with Crippen LogP contribution in [-0.2, 0) is 4.79 Å². The highest BCUT2D eigenvalue weighted by atomic mass is 19.1. The molecule has 1 unspecified atom stereocenters. The van der Waals surface area contributed by atoms with E-state index in [1.165, 1.54) is 17.0 Å². The molecule has 2 N–H and O–H groups in total. The number of aryl methyl sites for hydroxylation is 1. The minimum Gasteiger partial charge on any atom is -0.495 e. The van der Waals surface area contributed by atoms with Gasteiger partial charge in [-0.05, 0) is 69.2 Å². The van der Waals surface area contributed by atoms with Gasteiger partial charge in [0.25, 0.3) is 5.91 Å². The van der Waals surface area contributed by atoms with Crippen LogP contribution in [0, 0.1) is 12.7 Å². The smallest absolute Gasteiger partial charge is 0.259 e. The van der Waals surface area contributed by atoms with Gasteiger partial charge in [0.2, 0.25) is 0 Å². The summed E-state index contributed by atoms with van der Waals surface area (Å²) in [5.41, 5.74) is 9.18. The Bertz CT molecular complexity index is 1290. The third-order valence-corrected chi connectivity index (χ3v) is 5.99. The van der Waals surface area contributed by atoms with Crippen molar-refractivity contribution in [3.05, 3.63) is 83.2 Å². The highest BCUT2D eigenvalue weighted by Crippen LogP contribution is 2.34. The lowest BCUT2D eigenvalue weighted by molar-refractivity contribution is -0.126. The van der Waals surface area contributed by atoms with Gasteiger partial charge in [-0.2, -0.15) is 0 Å². The molecule has 1 aromatic heterocycles. The molecule has 7 nitrogen and oxygen atoms in total. The van der Waals surface area contributed by atoms with Crippen LogP contribution in [0.15, 0.2) is 65.6 Å². The molecule has 0 spiro atoms. The third-order valence-electron chi connectivity index (χ3n) is 5.99. The van der Waals surface area contributed by atoms with E-state index in [2.05, 4.69) is 9.98 Å². The number of rotatable bonds is 5. The van der Waals surface area contributed by atoms with E-state index >= 15 is 0 Å². The summed E-state index contributed by atoms with van der Waals surface area (Å²) in [6.45, 7) is 7.46. The topological polar surface area (TPSA) is 85.7 Å². The number of carbonyl (C=O) groups is 1. The maximum absolute atomic E-state index is 13.7. The first-order chi connectivity index (χ1) is 16.1. The predicted molar refractivity (Wildman–Crippen MR) is 130 cm³/mol. The van der Waals surface area contributed by atoms with E-state index in [1.54, 1.807) is 25.6 Å². The van der Waals surface area contributed by atoms with Crippen LogP contribution in [0.3, 0.4) is 0 Å². The van der Waals surface area contributed by atoms with Crippen molar-refractivity contribution in [1.29, 1.82) is 0 Å². The molecular weight excluding hydrogens is 433 g/mol. The van der Waals surface area contributed by atoms with E-state index in [0.29, 0.717) is 11.3 Å². The van der Waals surface area contributed by atoms with Crippen molar-refractivity contribution < 1.29 is 13.9 Å². The van der Waals surface area contributed by atoms with Crippen molar-refractivity contribution in [3.63, 3.8) is 0 Å². The Morgan fingerprint density at radius 3 is 2.50 bits per heavy atom. The fraction of sp³-hybridized carbons (Fsp3) is 0.269. The second kappa shape index (κ2) is 8.78. The number of aromatic nitrogens is 2. The van der Waals surface area contributed by atoms with Crippen LogP contribution in [0.2, 0.25) is 0 Å². The first kappa shape index (κ1) is 23.2. The molecule has 1 aliphatic rings. The highest BCUT2D eigenvalue weighted by Gasteiger charge is 2.40. The zero-order chi connectivity index (χ0) is 24.6. The van der Waals surface area contributed by atoms with Gasteiger partial charge in [0, 0.05) is 11.8 Å². The lowest BCUT2D eigenvalue weighted by Crippen LogP contribution is -2.52. The number of halogens is 1. The van der Waals surface area contributed by atoms with Crippen molar-refractivity contribution >= 4 is 17.9 Å². The van der Waals surface area contributed by atoms with E-state index < -0.39 is 11.6 Å². The Balaban J connectivity index is 1.73. The highest BCUT2D eigenvalue weighted by molar-refractivity contribution is 6.11. The summed E-state index contributed by atoms with van der Waals surface area (Å²) in [5.74, 6) is 0.190. The van der Waals surface area contributed by atoms with Crippen molar-refractivity contribution in [2.75, 3.05) is 7.11 Å². The van der Waals surface area contributed by atoms with Crippen LogP contribution >= 0.6 is 0 Å². The average molecular weight is 462 g/mol. The number of aliphatic imine (C=N–C) groups is 1. The molecule has 1 amide bonds. The molecule has 1 atom stereocenters. The molecule has 0 fully saturated rings. The summed E-state index contributed by atoms with van der Waals surface area (Å²) in [6, 6.07) is 11.3. The van der Waals surface area contributed by atoms with Crippen molar-refractivity contribution in [2.24, 2.45) is 10.7 Å². The van der Waals surface area contributed by atoms with Gasteiger partial charge in [0.15, 0.2) is 5.96 Å². The summed E-state index contributed by atoms with van der Waals surface area (Å²) in [6.07, 6.45) is 5.45. The number of nitrogens with two attached hydrogens (primary N) is 1. The summed E-state index contributed by atoms with van der Waals surface area (Å²) in [5, 5.41) is 0. The quantitative estimate of drug-likeness (QED) is 0.571. The minimum absolute atomic E-state index is 0.132. The van der Waals surface area contributed by atoms with Gasteiger partial charge < -0.3 is 15.0 Å². The summed E-state index contributed by atoms with van der Waals surface area (Å²) in [7, 11) is 1.60. The first-order valence-corrected chi connectivity index (χ1v) is 11.0. The zero-order valence-electron chi connectivity index (χ0n) is 19.9. The Kier molecular flexibility index (Phi) is 6.00. The fourth-order valence-electron chi connectivity index (χ4n) is 4.12. The average Bonchev–Trinajstić information content (AvgIpc) is 3.22. The van der Waals surface area contributed by atoms with Gasteiger partial charge in [-0.25, -0.2) is 14.4 Å². The number of hydrogen-bond donors (Lipinski definition) is 1. The molecule has 0 saturated carbocycles. The van der Waals surface area contributed by atoms with Crippen LogP contribution in [0.4, 0.5) is 4.39 Å². The van der Waals surface area contributed by atoms with Crippen LogP contribution in [0.1, 0.15) is 43.6 Å². The maximum atomic E-state index is 13.7. The van der Waals surface area contributed by atoms with Gasteiger partial charge in [-0.15, -0.1) is 0 Å². The van der Waals surface area contributed by atoms with E-state index in [0.717, 1.165) is 22.5 Å². The van der Waals surface area contributed by atoms with Gasteiger partial charge in [-0.1, -0.05) is 18.2 Å².